The smallest absolute Gasteiger partial charge is 0.116 e. The van der Waals surface area contributed by atoms with E-state index in [-0.39, 0.29) is 11.8 Å². The Morgan fingerprint density at radius 1 is 1.35 bits per heavy atom. The molecular formula is C19H22N2O2. The second-order valence-electron chi connectivity index (χ2n) is 6.67. The highest BCUT2D eigenvalue weighted by Gasteiger charge is 2.40. The molecule has 2 unspecified atom stereocenters. The molecule has 120 valence electrons. The maximum absolute atomic E-state index is 11.0. The summed E-state index contributed by atoms with van der Waals surface area (Å²) in [6, 6.07) is 7.16. The molecule has 3 aliphatic rings. The highest BCUT2D eigenvalue weighted by atomic mass is 16.3. The zero-order chi connectivity index (χ0) is 16.0. The van der Waals surface area contributed by atoms with Gasteiger partial charge in [-0.15, -0.1) is 0 Å². The summed E-state index contributed by atoms with van der Waals surface area (Å²) in [7, 11) is 0. The topological polar surface area (TPSA) is 56.6 Å². The molecular weight excluding hydrogens is 288 g/mol. The molecule has 0 saturated carbocycles. The Bertz CT molecular complexity index is 771. The predicted molar refractivity (Wildman–Crippen MR) is 90.2 cm³/mol. The molecule has 0 amide bonds. The molecule has 2 aromatic rings. The van der Waals surface area contributed by atoms with Crippen molar-refractivity contribution in [1.82, 2.24) is 9.88 Å². The standard InChI is InChI=1S/C19H22N2O2/c1-2-12-11-21-8-6-13(12)9-18(21)19(23)15-5-7-20-17-4-3-14(22)10-16(15)17/h2-5,7,10,13,18-19,22-23H,6,8-9,11H2,1H3/b12-2+/t13?,18-,19+/m0/s1. The number of fused-ring (bicyclic) bond motifs is 4. The number of aromatic hydroxyl groups is 1. The quantitative estimate of drug-likeness (QED) is 0.837. The van der Waals surface area contributed by atoms with Crippen LogP contribution in [0.3, 0.4) is 0 Å². The van der Waals surface area contributed by atoms with E-state index < -0.39 is 6.10 Å². The monoisotopic (exact) mass is 310 g/mol. The van der Waals surface area contributed by atoms with Crippen molar-refractivity contribution >= 4 is 10.9 Å². The van der Waals surface area contributed by atoms with Crippen molar-refractivity contribution in [2.45, 2.75) is 31.9 Å². The number of nitrogens with zero attached hydrogens (tertiary/aromatic N) is 2. The van der Waals surface area contributed by atoms with Crippen LogP contribution in [0.15, 0.2) is 42.1 Å². The third-order valence-corrected chi connectivity index (χ3v) is 5.48. The van der Waals surface area contributed by atoms with Crippen LogP contribution >= 0.6 is 0 Å². The van der Waals surface area contributed by atoms with Gasteiger partial charge in [-0.3, -0.25) is 9.88 Å². The van der Waals surface area contributed by atoms with Crippen LogP contribution in [-0.2, 0) is 0 Å². The van der Waals surface area contributed by atoms with E-state index in [4.69, 9.17) is 0 Å². The Kier molecular flexibility index (Phi) is 3.58. The van der Waals surface area contributed by atoms with Gasteiger partial charge in [-0.1, -0.05) is 11.6 Å². The van der Waals surface area contributed by atoms with Gasteiger partial charge in [-0.2, -0.15) is 0 Å². The summed E-state index contributed by atoms with van der Waals surface area (Å²) in [6.45, 7) is 4.14. The first-order valence-electron chi connectivity index (χ1n) is 8.32. The summed E-state index contributed by atoms with van der Waals surface area (Å²) in [5.74, 6) is 0.812. The fraction of sp³-hybridized carbons (Fsp3) is 0.421. The summed E-state index contributed by atoms with van der Waals surface area (Å²) in [5.41, 5.74) is 3.19. The SMILES string of the molecule is C/C=C1\CN2CCC1C[C@H]2[C@H](O)c1ccnc2ccc(O)cc12. The van der Waals surface area contributed by atoms with Gasteiger partial charge >= 0.3 is 0 Å². The summed E-state index contributed by atoms with van der Waals surface area (Å²) >= 11 is 0. The summed E-state index contributed by atoms with van der Waals surface area (Å²) in [5, 5.41) is 21.7. The van der Waals surface area contributed by atoms with Crippen LogP contribution in [0.25, 0.3) is 10.9 Å². The molecule has 0 radical (unpaired) electrons. The highest BCUT2D eigenvalue weighted by Crippen LogP contribution is 2.41. The maximum atomic E-state index is 11.0. The molecule has 0 aliphatic carbocycles. The van der Waals surface area contributed by atoms with Crippen molar-refractivity contribution in [1.29, 1.82) is 0 Å². The second kappa shape index (κ2) is 5.62. The van der Waals surface area contributed by atoms with Crippen molar-refractivity contribution in [2.24, 2.45) is 5.92 Å². The molecule has 4 heteroatoms. The molecule has 0 spiro atoms. The van der Waals surface area contributed by atoms with Gasteiger partial charge < -0.3 is 10.2 Å². The summed E-state index contributed by atoms with van der Waals surface area (Å²) < 4.78 is 0. The number of piperidine rings is 3. The molecule has 3 saturated heterocycles. The summed E-state index contributed by atoms with van der Waals surface area (Å²) in [4.78, 5) is 6.74. The molecule has 4 atom stereocenters. The van der Waals surface area contributed by atoms with E-state index in [0.717, 1.165) is 36.0 Å². The molecule has 5 rings (SSSR count). The number of aromatic nitrogens is 1. The largest absolute Gasteiger partial charge is 0.508 e. The molecule has 1 aromatic carbocycles. The summed E-state index contributed by atoms with van der Waals surface area (Å²) in [6.07, 6.45) is 5.62. The fourth-order valence-electron chi connectivity index (χ4n) is 4.22. The second-order valence-corrected chi connectivity index (χ2v) is 6.67. The van der Waals surface area contributed by atoms with E-state index in [1.165, 1.54) is 12.0 Å². The number of phenols is 1. The minimum Gasteiger partial charge on any atom is -0.508 e. The average molecular weight is 310 g/mol. The molecule has 3 fully saturated rings. The van der Waals surface area contributed by atoms with Gasteiger partial charge in [-0.25, -0.2) is 0 Å². The van der Waals surface area contributed by atoms with E-state index in [0.29, 0.717) is 5.92 Å². The number of hydrogen-bond acceptors (Lipinski definition) is 4. The molecule has 1 aromatic heterocycles. The van der Waals surface area contributed by atoms with Crippen LogP contribution in [0.1, 0.15) is 31.4 Å². The lowest BCUT2D eigenvalue weighted by atomic mass is 9.76. The van der Waals surface area contributed by atoms with Gasteiger partial charge in [0.15, 0.2) is 0 Å². The van der Waals surface area contributed by atoms with E-state index in [1.807, 2.05) is 6.07 Å². The van der Waals surface area contributed by atoms with E-state index in [9.17, 15) is 10.2 Å². The zero-order valence-electron chi connectivity index (χ0n) is 13.3. The Labute approximate surface area is 136 Å². The minimum absolute atomic E-state index is 0.144. The average Bonchev–Trinajstić information content (AvgIpc) is 2.60. The van der Waals surface area contributed by atoms with Crippen molar-refractivity contribution < 1.29 is 10.2 Å². The number of pyridine rings is 1. The number of allylic oxidation sites excluding steroid dienone is 1. The zero-order valence-corrected chi connectivity index (χ0v) is 13.3. The van der Waals surface area contributed by atoms with Crippen molar-refractivity contribution in [3.63, 3.8) is 0 Å². The minimum atomic E-state index is -0.552. The Morgan fingerprint density at radius 3 is 2.96 bits per heavy atom. The first kappa shape index (κ1) is 14.7. The number of phenolic OH excluding ortho intramolecular Hbond substituents is 1. The molecule has 23 heavy (non-hydrogen) atoms. The number of rotatable bonds is 2. The Morgan fingerprint density at radius 2 is 2.22 bits per heavy atom. The lowest BCUT2D eigenvalue weighted by Gasteiger charge is -2.48. The lowest BCUT2D eigenvalue weighted by molar-refractivity contribution is -0.00340. The molecule has 2 bridgehead atoms. The van der Waals surface area contributed by atoms with E-state index in [2.05, 4.69) is 22.9 Å². The normalized spacial score (nSPS) is 30.0. The first-order valence-corrected chi connectivity index (χ1v) is 8.32. The number of aliphatic hydroxyl groups is 1. The van der Waals surface area contributed by atoms with Crippen LogP contribution in [0, 0.1) is 5.92 Å². The van der Waals surface area contributed by atoms with Gasteiger partial charge in [0.25, 0.3) is 0 Å². The lowest BCUT2D eigenvalue weighted by Crippen LogP contribution is -2.52. The van der Waals surface area contributed by atoms with Crippen LogP contribution in [-0.4, -0.2) is 39.2 Å². The van der Waals surface area contributed by atoms with Gasteiger partial charge in [0.2, 0.25) is 0 Å². The Balaban J connectivity index is 1.70. The Hall–Kier alpha value is -1.91. The van der Waals surface area contributed by atoms with Gasteiger partial charge in [0, 0.05) is 24.2 Å². The molecule has 2 N–H and O–H groups in total. The molecule has 3 aliphatic heterocycles. The first-order chi connectivity index (χ1) is 11.2. The third-order valence-electron chi connectivity index (χ3n) is 5.48. The number of benzene rings is 1. The van der Waals surface area contributed by atoms with Crippen molar-refractivity contribution in [2.75, 3.05) is 13.1 Å². The van der Waals surface area contributed by atoms with Gasteiger partial charge in [0.1, 0.15) is 5.75 Å². The van der Waals surface area contributed by atoms with Crippen molar-refractivity contribution in [3.05, 3.63) is 47.7 Å². The van der Waals surface area contributed by atoms with Gasteiger partial charge in [0.05, 0.1) is 11.6 Å². The van der Waals surface area contributed by atoms with Crippen LogP contribution < -0.4 is 0 Å². The number of hydrogen-bond donors (Lipinski definition) is 2. The van der Waals surface area contributed by atoms with E-state index in [1.54, 1.807) is 24.4 Å². The number of aliphatic hydroxyl groups excluding tert-OH is 1. The van der Waals surface area contributed by atoms with Crippen LogP contribution in [0.5, 0.6) is 5.75 Å². The molecule has 4 nitrogen and oxygen atoms in total. The fourth-order valence-corrected chi connectivity index (χ4v) is 4.22. The predicted octanol–water partition coefficient (Wildman–Crippen LogP) is 3.01. The third kappa shape index (κ3) is 2.42. The molecule has 4 heterocycles. The van der Waals surface area contributed by atoms with Crippen molar-refractivity contribution in [3.8, 4) is 5.75 Å². The highest BCUT2D eigenvalue weighted by molar-refractivity contribution is 5.83. The van der Waals surface area contributed by atoms with Crippen LogP contribution in [0.2, 0.25) is 0 Å². The van der Waals surface area contributed by atoms with E-state index >= 15 is 0 Å². The maximum Gasteiger partial charge on any atom is 0.116 e. The van der Waals surface area contributed by atoms with Crippen LogP contribution in [0.4, 0.5) is 0 Å². The van der Waals surface area contributed by atoms with Gasteiger partial charge in [-0.05, 0) is 62.1 Å².